The summed E-state index contributed by atoms with van der Waals surface area (Å²) in [5.41, 5.74) is 5.52. The van der Waals surface area contributed by atoms with Crippen molar-refractivity contribution in [2.24, 2.45) is 0 Å². The van der Waals surface area contributed by atoms with Crippen LogP contribution in [-0.4, -0.2) is 20.1 Å². The second-order valence-electron chi connectivity index (χ2n) is 6.55. The molecule has 5 rings (SSSR count). The fourth-order valence-electron chi connectivity index (χ4n) is 3.23. The SMILES string of the molecule is Cc1c(-c2ccc3[nH]c(=O)[nH]c3c2)cccc1-c1nc(C2CC2)no1. The van der Waals surface area contributed by atoms with Gasteiger partial charge in [-0.1, -0.05) is 23.4 Å². The number of nitrogens with one attached hydrogen (secondary N) is 2. The van der Waals surface area contributed by atoms with Crippen LogP contribution in [0, 0.1) is 6.92 Å². The summed E-state index contributed by atoms with van der Waals surface area (Å²) >= 11 is 0. The molecule has 25 heavy (non-hydrogen) atoms. The summed E-state index contributed by atoms with van der Waals surface area (Å²) in [6.45, 7) is 2.05. The number of hydrogen-bond acceptors (Lipinski definition) is 4. The topological polar surface area (TPSA) is 87.6 Å². The maximum absolute atomic E-state index is 11.5. The van der Waals surface area contributed by atoms with E-state index in [2.05, 4.69) is 33.1 Å². The summed E-state index contributed by atoms with van der Waals surface area (Å²) in [5, 5.41) is 4.11. The molecule has 2 N–H and O–H groups in total. The maximum Gasteiger partial charge on any atom is 0.323 e. The number of imidazole rings is 1. The molecule has 4 aromatic rings. The lowest BCUT2D eigenvalue weighted by Crippen LogP contribution is -1.99. The van der Waals surface area contributed by atoms with E-state index in [1.807, 2.05) is 30.3 Å². The molecule has 1 aliphatic carbocycles. The van der Waals surface area contributed by atoms with Crippen LogP contribution < -0.4 is 5.69 Å². The number of nitrogens with zero attached hydrogens (tertiary/aromatic N) is 2. The monoisotopic (exact) mass is 332 g/mol. The van der Waals surface area contributed by atoms with Crippen molar-refractivity contribution >= 4 is 11.0 Å². The normalized spacial score (nSPS) is 14.3. The molecular formula is C19H16N4O2. The molecule has 1 saturated carbocycles. The molecule has 6 heteroatoms. The van der Waals surface area contributed by atoms with Crippen LogP contribution in [0.1, 0.15) is 30.1 Å². The van der Waals surface area contributed by atoms with Gasteiger partial charge < -0.3 is 14.5 Å². The summed E-state index contributed by atoms with van der Waals surface area (Å²) in [4.78, 5) is 21.6. The van der Waals surface area contributed by atoms with Gasteiger partial charge in [0.2, 0.25) is 0 Å². The minimum Gasteiger partial charge on any atom is -0.334 e. The molecule has 2 heterocycles. The summed E-state index contributed by atoms with van der Waals surface area (Å²) < 4.78 is 5.48. The summed E-state index contributed by atoms with van der Waals surface area (Å²) in [5.74, 6) is 1.84. The van der Waals surface area contributed by atoms with E-state index in [0.29, 0.717) is 11.8 Å². The van der Waals surface area contributed by atoms with E-state index in [1.54, 1.807) is 0 Å². The van der Waals surface area contributed by atoms with Gasteiger partial charge in [0, 0.05) is 11.5 Å². The quantitative estimate of drug-likeness (QED) is 0.598. The largest absolute Gasteiger partial charge is 0.334 e. The molecule has 6 nitrogen and oxygen atoms in total. The van der Waals surface area contributed by atoms with E-state index in [0.717, 1.165) is 52.0 Å². The van der Waals surface area contributed by atoms with Gasteiger partial charge in [-0.25, -0.2) is 4.79 Å². The van der Waals surface area contributed by atoms with Gasteiger partial charge in [-0.3, -0.25) is 0 Å². The molecule has 1 aliphatic rings. The van der Waals surface area contributed by atoms with Crippen LogP contribution in [0.5, 0.6) is 0 Å². The van der Waals surface area contributed by atoms with Crippen molar-refractivity contribution in [3.05, 3.63) is 58.3 Å². The number of benzene rings is 2. The zero-order valence-corrected chi connectivity index (χ0v) is 13.7. The van der Waals surface area contributed by atoms with Crippen molar-refractivity contribution < 1.29 is 4.52 Å². The predicted octanol–water partition coefficient (Wildman–Crippen LogP) is 3.76. The van der Waals surface area contributed by atoms with Crippen LogP contribution in [0.25, 0.3) is 33.6 Å². The lowest BCUT2D eigenvalue weighted by atomic mass is 9.96. The summed E-state index contributed by atoms with van der Waals surface area (Å²) in [6, 6.07) is 11.9. The molecule has 0 radical (unpaired) electrons. The van der Waals surface area contributed by atoms with Gasteiger partial charge in [0.15, 0.2) is 5.82 Å². The highest BCUT2D eigenvalue weighted by Crippen LogP contribution is 2.39. The standard InChI is InChI=1S/C19H16N4O2/c1-10-13(12-7-8-15-16(9-12)21-19(24)20-15)3-2-4-14(10)18-22-17(23-25-18)11-5-6-11/h2-4,7-9,11H,5-6H2,1H3,(H2,20,21,24). The van der Waals surface area contributed by atoms with Crippen molar-refractivity contribution in [1.82, 2.24) is 20.1 Å². The van der Waals surface area contributed by atoms with Gasteiger partial charge in [0.1, 0.15) is 0 Å². The average Bonchev–Trinajstić information content (AvgIpc) is 3.22. The Hall–Kier alpha value is -3.15. The van der Waals surface area contributed by atoms with Gasteiger partial charge in [-0.05, 0) is 54.7 Å². The first-order chi connectivity index (χ1) is 12.2. The molecule has 0 saturated heterocycles. The van der Waals surface area contributed by atoms with Gasteiger partial charge in [-0.15, -0.1) is 0 Å². The first-order valence-corrected chi connectivity index (χ1v) is 8.35. The number of rotatable bonds is 3. The molecule has 0 spiro atoms. The Morgan fingerprint density at radius 1 is 1.08 bits per heavy atom. The van der Waals surface area contributed by atoms with E-state index in [9.17, 15) is 4.79 Å². The van der Waals surface area contributed by atoms with Gasteiger partial charge in [-0.2, -0.15) is 4.98 Å². The number of fused-ring (bicyclic) bond motifs is 1. The van der Waals surface area contributed by atoms with Crippen LogP contribution in [0.3, 0.4) is 0 Å². The van der Waals surface area contributed by atoms with E-state index in [-0.39, 0.29) is 5.69 Å². The van der Waals surface area contributed by atoms with Crippen LogP contribution in [0.15, 0.2) is 45.7 Å². The molecule has 0 unspecified atom stereocenters. The Morgan fingerprint density at radius 2 is 1.88 bits per heavy atom. The second kappa shape index (κ2) is 5.17. The third-order valence-electron chi connectivity index (χ3n) is 4.78. The van der Waals surface area contributed by atoms with E-state index < -0.39 is 0 Å². The highest BCUT2D eigenvalue weighted by atomic mass is 16.5. The van der Waals surface area contributed by atoms with Crippen LogP contribution in [0.4, 0.5) is 0 Å². The molecule has 0 aliphatic heterocycles. The van der Waals surface area contributed by atoms with Crippen molar-refractivity contribution in [3.63, 3.8) is 0 Å². The molecule has 0 bridgehead atoms. The Bertz CT molecular complexity index is 1150. The van der Waals surface area contributed by atoms with Crippen LogP contribution in [-0.2, 0) is 0 Å². The van der Waals surface area contributed by atoms with Crippen molar-refractivity contribution in [1.29, 1.82) is 0 Å². The zero-order chi connectivity index (χ0) is 17.0. The molecule has 124 valence electrons. The van der Waals surface area contributed by atoms with Gasteiger partial charge in [0.25, 0.3) is 5.89 Å². The Morgan fingerprint density at radius 3 is 2.72 bits per heavy atom. The minimum atomic E-state index is -0.198. The van der Waals surface area contributed by atoms with E-state index in [1.165, 1.54) is 0 Å². The highest BCUT2D eigenvalue weighted by molar-refractivity contribution is 5.84. The third-order valence-corrected chi connectivity index (χ3v) is 4.78. The van der Waals surface area contributed by atoms with E-state index in [4.69, 9.17) is 4.52 Å². The van der Waals surface area contributed by atoms with Gasteiger partial charge >= 0.3 is 5.69 Å². The summed E-state index contributed by atoms with van der Waals surface area (Å²) in [7, 11) is 0. The van der Waals surface area contributed by atoms with Crippen LogP contribution in [0.2, 0.25) is 0 Å². The minimum absolute atomic E-state index is 0.198. The Kier molecular flexibility index (Phi) is 2.94. The number of aromatic nitrogens is 4. The van der Waals surface area contributed by atoms with Crippen LogP contribution >= 0.6 is 0 Å². The van der Waals surface area contributed by atoms with E-state index >= 15 is 0 Å². The smallest absolute Gasteiger partial charge is 0.323 e. The predicted molar refractivity (Wildman–Crippen MR) is 94.4 cm³/mol. The molecule has 2 aromatic heterocycles. The second-order valence-corrected chi connectivity index (χ2v) is 6.55. The van der Waals surface area contributed by atoms with Gasteiger partial charge in [0.05, 0.1) is 11.0 Å². The average molecular weight is 332 g/mol. The summed E-state index contributed by atoms with van der Waals surface area (Å²) in [6.07, 6.45) is 2.29. The molecule has 0 atom stereocenters. The van der Waals surface area contributed by atoms with Crippen molar-refractivity contribution in [2.45, 2.75) is 25.7 Å². The number of hydrogen-bond donors (Lipinski definition) is 2. The fraction of sp³-hybridized carbons (Fsp3) is 0.211. The molecule has 1 fully saturated rings. The molecule has 2 aromatic carbocycles. The lowest BCUT2D eigenvalue weighted by Gasteiger charge is -2.09. The van der Waals surface area contributed by atoms with Crippen molar-refractivity contribution in [2.75, 3.05) is 0 Å². The first-order valence-electron chi connectivity index (χ1n) is 8.35. The highest BCUT2D eigenvalue weighted by Gasteiger charge is 2.29. The number of H-pyrrole nitrogens is 2. The zero-order valence-electron chi connectivity index (χ0n) is 13.7. The lowest BCUT2D eigenvalue weighted by molar-refractivity contribution is 0.422. The number of aromatic amines is 2. The Labute approximate surface area is 142 Å². The first kappa shape index (κ1) is 14.2. The fourth-order valence-corrected chi connectivity index (χ4v) is 3.23. The van der Waals surface area contributed by atoms with Crippen molar-refractivity contribution in [3.8, 4) is 22.6 Å². The molecule has 0 amide bonds. The maximum atomic E-state index is 11.5. The third kappa shape index (κ3) is 2.38. The Balaban J connectivity index is 1.61. The molecular weight excluding hydrogens is 316 g/mol.